The van der Waals surface area contributed by atoms with Crippen LogP contribution in [-0.4, -0.2) is 40.6 Å². The Kier molecular flexibility index (Phi) is 5.55. The monoisotopic (exact) mass is 514 g/mol. The molecule has 2 N–H and O–H groups in total. The number of aryl methyl sites for hydroxylation is 1. The molecule has 4 aromatic heterocycles. The van der Waals surface area contributed by atoms with E-state index in [2.05, 4.69) is 30.6 Å². The van der Waals surface area contributed by atoms with Crippen molar-refractivity contribution in [3.63, 3.8) is 0 Å². The van der Waals surface area contributed by atoms with E-state index in [4.69, 9.17) is 11.6 Å². The molecule has 0 aliphatic rings. The van der Waals surface area contributed by atoms with E-state index in [9.17, 15) is 22.8 Å². The Bertz CT molecular complexity index is 1690. The summed E-state index contributed by atoms with van der Waals surface area (Å²) in [6.07, 6.45) is -0.110. The number of H-pyrrole nitrogens is 1. The highest BCUT2D eigenvalue weighted by Gasteiger charge is 2.41. The molecular formula is C22H14ClF3N8O2. The highest BCUT2D eigenvalue weighted by Crippen LogP contribution is 2.35. The number of hydrogen-bond acceptors (Lipinski definition) is 6. The second kappa shape index (κ2) is 8.61. The van der Waals surface area contributed by atoms with Gasteiger partial charge in [0, 0.05) is 17.0 Å². The Balaban J connectivity index is 1.53. The zero-order valence-corrected chi connectivity index (χ0v) is 19.0. The maximum absolute atomic E-state index is 14.2. The molecule has 10 nitrogen and oxygen atoms in total. The van der Waals surface area contributed by atoms with E-state index in [0.717, 1.165) is 6.20 Å². The van der Waals surface area contributed by atoms with Crippen LogP contribution in [0.3, 0.4) is 0 Å². The van der Waals surface area contributed by atoms with Crippen molar-refractivity contribution in [2.24, 2.45) is 0 Å². The number of anilines is 1. The summed E-state index contributed by atoms with van der Waals surface area (Å²) >= 11 is 6.22. The Morgan fingerprint density at radius 3 is 2.61 bits per heavy atom. The number of benzene rings is 1. The summed E-state index contributed by atoms with van der Waals surface area (Å²) < 4.78 is 43.1. The molecule has 0 fully saturated rings. The Hall–Kier alpha value is -4.52. The van der Waals surface area contributed by atoms with Crippen LogP contribution >= 0.6 is 11.6 Å². The number of carbonyl (C=O) groups excluding carboxylic acids is 1. The molecule has 0 aliphatic carbocycles. The fourth-order valence-corrected chi connectivity index (χ4v) is 3.89. The molecule has 0 atom stereocenters. The number of pyridine rings is 2. The quantitative estimate of drug-likeness (QED) is 0.375. The maximum atomic E-state index is 14.2. The van der Waals surface area contributed by atoms with E-state index in [0.29, 0.717) is 10.4 Å². The minimum atomic E-state index is -4.95. The van der Waals surface area contributed by atoms with Crippen molar-refractivity contribution in [3.05, 3.63) is 87.4 Å². The van der Waals surface area contributed by atoms with Gasteiger partial charge in [0.2, 0.25) is 0 Å². The third-order valence-electron chi connectivity index (χ3n) is 5.18. The lowest BCUT2D eigenvalue weighted by molar-refractivity contribution is -0.143. The van der Waals surface area contributed by atoms with Gasteiger partial charge in [-0.3, -0.25) is 9.59 Å². The first-order valence-corrected chi connectivity index (χ1v) is 10.6. The van der Waals surface area contributed by atoms with Crippen LogP contribution in [0.4, 0.5) is 18.9 Å². The zero-order valence-electron chi connectivity index (χ0n) is 18.2. The van der Waals surface area contributed by atoms with Gasteiger partial charge < -0.3 is 10.3 Å². The molecule has 14 heteroatoms. The SMILES string of the molecule is Cc1cnn(-c2ncc(NC(=O)c3cnn(-c4cccc5c(=O)[nH]ccc45)c3C(F)(F)F)cc2Cl)n1. The van der Waals surface area contributed by atoms with Gasteiger partial charge >= 0.3 is 6.18 Å². The van der Waals surface area contributed by atoms with Crippen molar-refractivity contribution >= 4 is 34.0 Å². The molecule has 36 heavy (non-hydrogen) atoms. The van der Waals surface area contributed by atoms with Crippen LogP contribution in [-0.2, 0) is 6.18 Å². The molecule has 0 aliphatic heterocycles. The van der Waals surface area contributed by atoms with Crippen molar-refractivity contribution in [2.45, 2.75) is 13.1 Å². The van der Waals surface area contributed by atoms with Crippen LogP contribution in [0.1, 0.15) is 21.7 Å². The molecule has 0 unspecified atom stereocenters. The van der Waals surface area contributed by atoms with Crippen molar-refractivity contribution in [1.82, 2.24) is 34.7 Å². The van der Waals surface area contributed by atoms with Crippen molar-refractivity contribution < 1.29 is 18.0 Å². The van der Waals surface area contributed by atoms with Gasteiger partial charge in [0.05, 0.1) is 46.2 Å². The number of carbonyl (C=O) groups is 1. The minimum absolute atomic E-state index is 0.0129. The largest absolute Gasteiger partial charge is 0.434 e. The number of alkyl halides is 3. The van der Waals surface area contributed by atoms with E-state index in [1.807, 2.05) is 0 Å². The van der Waals surface area contributed by atoms with E-state index < -0.39 is 28.9 Å². The lowest BCUT2D eigenvalue weighted by Crippen LogP contribution is -2.21. The summed E-state index contributed by atoms with van der Waals surface area (Å²) in [7, 11) is 0. The first kappa shape index (κ1) is 23.2. The Morgan fingerprint density at radius 1 is 1.11 bits per heavy atom. The summed E-state index contributed by atoms with van der Waals surface area (Å²) in [6.45, 7) is 1.72. The number of nitrogens with zero attached hydrogens (tertiary/aromatic N) is 6. The van der Waals surface area contributed by atoms with Crippen LogP contribution in [0.15, 0.2) is 59.9 Å². The molecule has 0 bridgehead atoms. The van der Waals surface area contributed by atoms with E-state index in [-0.39, 0.29) is 33.0 Å². The summed E-state index contributed by atoms with van der Waals surface area (Å²) in [5.74, 6) is -0.900. The smallest absolute Gasteiger partial charge is 0.329 e. The van der Waals surface area contributed by atoms with Crippen molar-refractivity contribution in [3.8, 4) is 11.5 Å². The molecule has 1 aromatic carbocycles. The van der Waals surface area contributed by atoms with Gasteiger partial charge in [0.15, 0.2) is 11.5 Å². The third-order valence-corrected chi connectivity index (χ3v) is 5.46. The van der Waals surface area contributed by atoms with Gasteiger partial charge in [-0.25, -0.2) is 9.67 Å². The molecule has 182 valence electrons. The van der Waals surface area contributed by atoms with Crippen LogP contribution < -0.4 is 10.9 Å². The summed E-state index contributed by atoms with van der Waals surface area (Å²) in [6, 6.07) is 7.05. The molecule has 5 rings (SSSR count). The van der Waals surface area contributed by atoms with E-state index in [1.54, 1.807) is 6.92 Å². The fourth-order valence-electron chi connectivity index (χ4n) is 3.65. The van der Waals surface area contributed by atoms with Gasteiger partial charge in [0.1, 0.15) is 0 Å². The molecule has 0 saturated heterocycles. The summed E-state index contributed by atoms with van der Waals surface area (Å²) in [5.41, 5.74) is -1.84. The number of halogens is 4. The molecular weight excluding hydrogens is 501 g/mol. The third kappa shape index (κ3) is 4.09. The Morgan fingerprint density at radius 2 is 1.92 bits per heavy atom. The van der Waals surface area contributed by atoms with Crippen molar-refractivity contribution in [2.75, 3.05) is 5.32 Å². The zero-order chi connectivity index (χ0) is 25.6. The molecule has 0 radical (unpaired) electrons. The van der Waals surface area contributed by atoms with Crippen LogP contribution in [0.5, 0.6) is 0 Å². The van der Waals surface area contributed by atoms with Gasteiger partial charge in [-0.1, -0.05) is 17.7 Å². The minimum Gasteiger partial charge on any atom is -0.329 e. The normalized spacial score (nSPS) is 11.7. The molecule has 1 amide bonds. The van der Waals surface area contributed by atoms with Crippen LogP contribution in [0, 0.1) is 6.92 Å². The second-order valence-corrected chi connectivity index (χ2v) is 8.03. The number of amides is 1. The standard InChI is InChI=1S/C22H14ClF3N8O2/c1-11-8-30-34(32-11)19-16(23)7-12(9-28-19)31-21(36)15-10-29-33(18(15)22(24,25)26)17-4-2-3-14-13(17)5-6-27-20(14)35/h2-10H,1H3,(H,27,35)(H,31,36). The predicted molar refractivity (Wildman–Crippen MR) is 124 cm³/mol. The van der Waals surface area contributed by atoms with E-state index >= 15 is 0 Å². The first-order valence-electron chi connectivity index (χ1n) is 10.3. The highest BCUT2D eigenvalue weighted by atomic mass is 35.5. The average molecular weight is 515 g/mol. The Labute approximate surface area is 204 Å². The lowest BCUT2D eigenvalue weighted by atomic mass is 10.1. The first-order chi connectivity index (χ1) is 17.1. The average Bonchev–Trinajstić information content (AvgIpc) is 3.46. The summed E-state index contributed by atoms with van der Waals surface area (Å²) in [5, 5.41) is 14.8. The number of aromatic amines is 1. The highest BCUT2D eigenvalue weighted by molar-refractivity contribution is 6.32. The molecule has 5 aromatic rings. The van der Waals surface area contributed by atoms with Crippen LogP contribution in [0.25, 0.3) is 22.3 Å². The number of fused-ring (bicyclic) bond motifs is 1. The lowest BCUT2D eigenvalue weighted by Gasteiger charge is -2.14. The van der Waals surface area contributed by atoms with Gasteiger partial charge in [-0.15, -0.1) is 4.80 Å². The number of rotatable bonds is 4. The van der Waals surface area contributed by atoms with Crippen LogP contribution in [0.2, 0.25) is 5.02 Å². The molecule has 0 saturated carbocycles. The molecule has 0 spiro atoms. The van der Waals surface area contributed by atoms with E-state index in [1.165, 1.54) is 53.7 Å². The fraction of sp³-hybridized carbons (Fsp3) is 0.0909. The number of aromatic nitrogens is 7. The van der Waals surface area contributed by atoms with Crippen molar-refractivity contribution in [1.29, 1.82) is 0 Å². The van der Waals surface area contributed by atoms with Gasteiger partial charge in [-0.05, 0) is 31.2 Å². The molecule has 4 heterocycles. The second-order valence-electron chi connectivity index (χ2n) is 7.62. The summed E-state index contributed by atoms with van der Waals surface area (Å²) in [4.78, 5) is 32.7. The number of nitrogens with one attached hydrogen (secondary N) is 2. The predicted octanol–water partition coefficient (Wildman–Crippen LogP) is 3.92. The number of hydrogen-bond donors (Lipinski definition) is 2. The van der Waals surface area contributed by atoms with Gasteiger partial charge in [-0.2, -0.15) is 28.5 Å². The topological polar surface area (TPSA) is 123 Å². The van der Waals surface area contributed by atoms with Gasteiger partial charge in [0.25, 0.3) is 11.5 Å². The maximum Gasteiger partial charge on any atom is 0.434 e.